The molecule has 158 valence electrons. The number of carbonyl (C=O) groups excluding carboxylic acids is 3. The number of urea groups is 1. The molecule has 1 N–H and O–H groups in total. The standard InChI is InChI=1S/C22H24FN3O4/c1-13-11-17(13)19-9-7-16(30-19)12-25(2)20(27)10-8-18-21(28)26(22(29)24-18)15-5-3-14(23)4-6-15/h3-7,9,13,17-18H,8,10-12H2,1-2H3,(H,24,29)/t13-,17-,18-/m1/s1. The number of rotatable bonds is 7. The van der Waals surface area contributed by atoms with Gasteiger partial charge in [-0.2, -0.15) is 0 Å². The van der Waals surface area contributed by atoms with Crippen LogP contribution in [0.1, 0.15) is 43.6 Å². The smallest absolute Gasteiger partial charge is 0.329 e. The van der Waals surface area contributed by atoms with Crippen molar-refractivity contribution in [3.05, 3.63) is 53.7 Å². The Kier molecular flexibility index (Phi) is 5.32. The Morgan fingerprint density at radius 3 is 2.60 bits per heavy atom. The first-order valence-electron chi connectivity index (χ1n) is 10.1. The maximum Gasteiger partial charge on any atom is 0.329 e. The molecule has 2 fully saturated rings. The van der Waals surface area contributed by atoms with Gasteiger partial charge in [0, 0.05) is 19.4 Å². The van der Waals surface area contributed by atoms with Gasteiger partial charge in [-0.05, 0) is 55.2 Å². The molecule has 30 heavy (non-hydrogen) atoms. The fourth-order valence-electron chi connectivity index (χ4n) is 3.74. The number of imide groups is 1. The largest absolute Gasteiger partial charge is 0.464 e. The van der Waals surface area contributed by atoms with Crippen molar-refractivity contribution >= 4 is 23.5 Å². The van der Waals surface area contributed by atoms with Crippen LogP contribution in [-0.2, 0) is 16.1 Å². The topological polar surface area (TPSA) is 82.9 Å². The second-order valence-corrected chi connectivity index (χ2v) is 8.06. The molecule has 7 nitrogen and oxygen atoms in total. The minimum Gasteiger partial charge on any atom is -0.464 e. The van der Waals surface area contributed by atoms with E-state index in [1.165, 1.54) is 24.3 Å². The Labute approximate surface area is 173 Å². The summed E-state index contributed by atoms with van der Waals surface area (Å²) in [5, 5.41) is 2.59. The van der Waals surface area contributed by atoms with E-state index in [0.29, 0.717) is 24.1 Å². The van der Waals surface area contributed by atoms with Gasteiger partial charge in [-0.15, -0.1) is 0 Å². The fourth-order valence-corrected chi connectivity index (χ4v) is 3.74. The van der Waals surface area contributed by atoms with Gasteiger partial charge in [0.15, 0.2) is 0 Å². The van der Waals surface area contributed by atoms with Crippen molar-refractivity contribution in [2.24, 2.45) is 5.92 Å². The number of nitrogens with one attached hydrogen (secondary N) is 1. The van der Waals surface area contributed by atoms with E-state index in [0.717, 1.165) is 22.8 Å². The first-order chi connectivity index (χ1) is 14.3. The molecule has 8 heteroatoms. The summed E-state index contributed by atoms with van der Waals surface area (Å²) in [6.45, 7) is 2.54. The predicted octanol–water partition coefficient (Wildman–Crippen LogP) is 3.41. The first kappa shape index (κ1) is 20.1. The third-order valence-electron chi connectivity index (χ3n) is 5.73. The molecule has 2 aromatic rings. The van der Waals surface area contributed by atoms with Crippen LogP contribution in [0, 0.1) is 11.7 Å². The first-order valence-corrected chi connectivity index (χ1v) is 10.1. The molecule has 3 atom stereocenters. The minimum absolute atomic E-state index is 0.109. The van der Waals surface area contributed by atoms with E-state index >= 15 is 0 Å². The summed E-state index contributed by atoms with van der Waals surface area (Å²) in [7, 11) is 1.68. The molecule has 1 aromatic heterocycles. The van der Waals surface area contributed by atoms with Crippen LogP contribution in [0.4, 0.5) is 14.9 Å². The lowest BCUT2D eigenvalue weighted by atomic mass is 10.1. The Hall–Kier alpha value is -3.16. The lowest BCUT2D eigenvalue weighted by Crippen LogP contribution is -2.33. The molecule has 0 unspecified atom stereocenters. The third-order valence-corrected chi connectivity index (χ3v) is 5.73. The van der Waals surface area contributed by atoms with Crippen molar-refractivity contribution < 1.29 is 23.2 Å². The molecular weight excluding hydrogens is 389 g/mol. The number of nitrogens with zero attached hydrogens (tertiary/aromatic N) is 2. The van der Waals surface area contributed by atoms with E-state index in [2.05, 4.69) is 12.2 Å². The van der Waals surface area contributed by atoms with Gasteiger partial charge in [0.1, 0.15) is 23.4 Å². The average Bonchev–Trinajstić information content (AvgIpc) is 3.14. The summed E-state index contributed by atoms with van der Waals surface area (Å²) < 4.78 is 18.9. The average molecular weight is 413 g/mol. The zero-order valence-electron chi connectivity index (χ0n) is 16.9. The van der Waals surface area contributed by atoms with Crippen molar-refractivity contribution in [3.63, 3.8) is 0 Å². The van der Waals surface area contributed by atoms with Gasteiger partial charge in [0.25, 0.3) is 5.91 Å². The van der Waals surface area contributed by atoms with Crippen molar-refractivity contribution in [1.82, 2.24) is 10.2 Å². The van der Waals surface area contributed by atoms with E-state index in [9.17, 15) is 18.8 Å². The van der Waals surface area contributed by atoms with Gasteiger partial charge >= 0.3 is 6.03 Å². The highest BCUT2D eigenvalue weighted by atomic mass is 19.1. The number of benzene rings is 1. The number of amides is 4. The SMILES string of the molecule is C[C@@H]1C[C@H]1c1ccc(CN(C)C(=O)CC[C@H]2NC(=O)N(c3ccc(F)cc3)C2=O)o1. The van der Waals surface area contributed by atoms with Crippen LogP contribution in [0.3, 0.4) is 0 Å². The molecule has 0 radical (unpaired) electrons. The van der Waals surface area contributed by atoms with E-state index in [-0.39, 0.29) is 18.7 Å². The molecule has 1 aliphatic heterocycles. The van der Waals surface area contributed by atoms with Crippen molar-refractivity contribution in [2.45, 2.75) is 44.7 Å². The quantitative estimate of drug-likeness (QED) is 0.706. The summed E-state index contributed by atoms with van der Waals surface area (Å²) in [4.78, 5) is 39.8. The van der Waals surface area contributed by atoms with Gasteiger partial charge < -0.3 is 14.6 Å². The molecule has 0 spiro atoms. The van der Waals surface area contributed by atoms with Crippen LogP contribution in [0.5, 0.6) is 0 Å². The summed E-state index contributed by atoms with van der Waals surface area (Å²) in [5.41, 5.74) is 0.295. The van der Waals surface area contributed by atoms with E-state index in [1.54, 1.807) is 11.9 Å². The van der Waals surface area contributed by atoms with Crippen LogP contribution in [0.15, 0.2) is 40.8 Å². The Morgan fingerprint density at radius 2 is 1.93 bits per heavy atom. The summed E-state index contributed by atoms with van der Waals surface area (Å²) in [5.74, 6) is 1.79. The van der Waals surface area contributed by atoms with E-state index < -0.39 is 23.8 Å². The normalized spacial score (nSPS) is 22.9. The van der Waals surface area contributed by atoms with Crippen LogP contribution in [0.25, 0.3) is 0 Å². The number of hydrogen-bond donors (Lipinski definition) is 1. The maximum atomic E-state index is 13.1. The molecule has 1 saturated carbocycles. The summed E-state index contributed by atoms with van der Waals surface area (Å²) >= 11 is 0. The van der Waals surface area contributed by atoms with E-state index in [1.807, 2.05) is 12.1 Å². The number of halogens is 1. The molecule has 1 aliphatic carbocycles. The second-order valence-electron chi connectivity index (χ2n) is 8.06. The second kappa shape index (κ2) is 7.93. The lowest BCUT2D eigenvalue weighted by Gasteiger charge is -2.17. The van der Waals surface area contributed by atoms with Crippen molar-refractivity contribution in [2.75, 3.05) is 11.9 Å². The third kappa shape index (κ3) is 4.08. The molecule has 2 aliphatic rings. The lowest BCUT2D eigenvalue weighted by molar-refractivity contribution is -0.131. The van der Waals surface area contributed by atoms with Crippen molar-refractivity contribution in [1.29, 1.82) is 0 Å². The highest BCUT2D eigenvalue weighted by Gasteiger charge is 2.39. The molecule has 1 aromatic carbocycles. The van der Waals surface area contributed by atoms with Gasteiger partial charge in [0.05, 0.1) is 12.2 Å². The molecular formula is C22H24FN3O4. The van der Waals surface area contributed by atoms with Gasteiger partial charge in [-0.1, -0.05) is 6.92 Å². The van der Waals surface area contributed by atoms with E-state index in [4.69, 9.17) is 4.42 Å². The minimum atomic E-state index is -0.786. The summed E-state index contributed by atoms with van der Waals surface area (Å²) in [6, 6.07) is 7.62. The van der Waals surface area contributed by atoms with Gasteiger partial charge in [-0.25, -0.2) is 14.1 Å². The number of carbonyl (C=O) groups is 3. The zero-order valence-corrected chi connectivity index (χ0v) is 16.9. The molecule has 0 bridgehead atoms. The fraction of sp³-hybridized carbons (Fsp3) is 0.409. The highest BCUT2D eigenvalue weighted by molar-refractivity contribution is 6.21. The zero-order chi connectivity index (χ0) is 21.4. The van der Waals surface area contributed by atoms with Crippen LogP contribution < -0.4 is 10.2 Å². The van der Waals surface area contributed by atoms with Crippen molar-refractivity contribution in [3.8, 4) is 0 Å². The maximum absolute atomic E-state index is 13.1. The predicted molar refractivity (Wildman–Crippen MR) is 107 cm³/mol. The molecule has 4 rings (SSSR count). The summed E-state index contributed by atoms with van der Waals surface area (Å²) in [6.07, 6.45) is 1.43. The number of furan rings is 1. The highest BCUT2D eigenvalue weighted by Crippen LogP contribution is 2.47. The van der Waals surface area contributed by atoms with Gasteiger partial charge in [0.2, 0.25) is 5.91 Å². The molecule has 4 amide bonds. The van der Waals surface area contributed by atoms with Crippen LogP contribution >= 0.6 is 0 Å². The molecule has 2 heterocycles. The Morgan fingerprint density at radius 1 is 1.23 bits per heavy atom. The Bertz CT molecular complexity index is 971. The number of hydrogen-bond acceptors (Lipinski definition) is 4. The Balaban J connectivity index is 1.30. The molecule has 1 saturated heterocycles. The monoisotopic (exact) mass is 413 g/mol. The van der Waals surface area contributed by atoms with Crippen LogP contribution in [0.2, 0.25) is 0 Å². The van der Waals surface area contributed by atoms with Crippen LogP contribution in [-0.4, -0.2) is 35.8 Å². The van der Waals surface area contributed by atoms with Gasteiger partial charge in [-0.3, -0.25) is 9.59 Å². The number of anilines is 1.